The Kier molecular flexibility index (Phi) is 3.13. The summed E-state index contributed by atoms with van der Waals surface area (Å²) in [5.41, 5.74) is -2.24. The Labute approximate surface area is 301 Å². The minimum atomic E-state index is -0.854. The number of hydrogen-bond acceptors (Lipinski definition) is 4. The lowest BCUT2D eigenvalue weighted by Crippen LogP contribution is -2.00. The third kappa shape index (κ3) is 4.93. The number of para-hydroxylation sites is 1. The van der Waals surface area contributed by atoms with Gasteiger partial charge in [-0.25, -0.2) is 15.0 Å². The minimum absolute atomic E-state index is 0.00260. The van der Waals surface area contributed by atoms with Crippen molar-refractivity contribution in [2.24, 2.45) is 0 Å². The molecular weight excluding hydrogens is 574 g/mol. The first-order valence-electron chi connectivity index (χ1n) is 24.5. The summed E-state index contributed by atoms with van der Waals surface area (Å²) >= 11 is 0. The molecule has 4 heteroatoms. The summed E-state index contributed by atoms with van der Waals surface area (Å²) < 4.78 is 188. The second kappa shape index (κ2) is 11.2. The molecule has 0 aliphatic rings. The second-order valence-electron chi connectivity index (χ2n) is 10.1. The van der Waals surface area contributed by atoms with Crippen LogP contribution in [0.25, 0.3) is 89.1 Å². The van der Waals surface area contributed by atoms with Gasteiger partial charge in [-0.15, -0.1) is 0 Å². The fraction of sp³-hybridized carbons (Fsp3) is 0. The maximum absolute atomic E-state index is 9.49. The van der Waals surface area contributed by atoms with Gasteiger partial charge in [-0.3, -0.25) is 0 Å². The van der Waals surface area contributed by atoms with Gasteiger partial charge in [0.2, 0.25) is 0 Å². The highest BCUT2D eigenvalue weighted by Crippen LogP contribution is 2.40. The molecule has 0 amide bonds. The van der Waals surface area contributed by atoms with Crippen molar-refractivity contribution in [1.82, 2.24) is 15.0 Å². The number of rotatable bonds is 5. The van der Waals surface area contributed by atoms with Crippen molar-refractivity contribution >= 4 is 32.7 Å². The van der Waals surface area contributed by atoms with Gasteiger partial charge in [0.15, 0.2) is 17.5 Å². The predicted molar refractivity (Wildman–Crippen MR) is 192 cm³/mol. The molecule has 2 aromatic heterocycles. The van der Waals surface area contributed by atoms with Crippen LogP contribution >= 0.6 is 0 Å². The van der Waals surface area contributed by atoms with E-state index in [0.29, 0.717) is 11.0 Å². The van der Waals surface area contributed by atoms with Crippen LogP contribution in [0.3, 0.4) is 0 Å². The summed E-state index contributed by atoms with van der Waals surface area (Å²) in [5.74, 6) is -1.63. The number of furan rings is 1. The first-order chi connectivity index (χ1) is 32.0. The maximum atomic E-state index is 9.49. The van der Waals surface area contributed by atoms with Crippen molar-refractivity contribution in [1.29, 1.82) is 0 Å². The Morgan fingerprint density at radius 1 is 0.447 bits per heavy atom. The highest BCUT2D eigenvalue weighted by molar-refractivity contribution is 6.13. The van der Waals surface area contributed by atoms with Crippen LogP contribution in [0, 0.1) is 0 Å². The first kappa shape index (κ1) is 13.1. The first-order valence-corrected chi connectivity index (χ1v) is 14.0. The van der Waals surface area contributed by atoms with Crippen LogP contribution in [-0.2, 0) is 0 Å². The lowest BCUT2D eigenvalue weighted by Gasteiger charge is -2.12. The molecule has 0 atom stereocenters. The molecule has 9 rings (SSSR count). The zero-order valence-corrected chi connectivity index (χ0v) is 23.7. The van der Waals surface area contributed by atoms with E-state index in [2.05, 4.69) is 15.0 Å². The number of aromatic nitrogens is 3. The van der Waals surface area contributed by atoms with Crippen molar-refractivity contribution in [2.45, 2.75) is 0 Å². The molecule has 0 radical (unpaired) electrons. The van der Waals surface area contributed by atoms with Crippen molar-refractivity contribution in [3.05, 3.63) is 163 Å². The molecule has 9 aromatic rings. The van der Waals surface area contributed by atoms with Crippen LogP contribution in [0.5, 0.6) is 0 Å². The Morgan fingerprint density at radius 2 is 1.00 bits per heavy atom. The minimum Gasteiger partial charge on any atom is -0.456 e. The number of hydrogen-bond donors (Lipinski definition) is 0. The summed E-state index contributed by atoms with van der Waals surface area (Å²) in [6.07, 6.45) is 0. The number of nitrogens with zero attached hydrogens (tertiary/aromatic N) is 3. The molecule has 220 valence electrons. The molecule has 0 fully saturated rings. The van der Waals surface area contributed by atoms with Crippen molar-refractivity contribution < 1.29 is 33.2 Å². The molecule has 4 nitrogen and oxygen atoms in total. The molecule has 0 saturated heterocycles. The quantitative estimate of drug-likeness (QED) is 0.192. The molecule has 7 aromatic carbocycles. The van der Waals surface area contributed by atoms with E-state index < -0.39 is 177 Å². The van der Waals surface area contributed by atoms with Gasteiger partial charge in [0.1, 0.15) is 11.2 Å². The fourth-order valence-corrected chi connectivity index (χ4v) is 5.14. The molecule has 0 spiro atoms. The monoisotopic (exact) mass is 622 g/mol. The maximum Gasteiger partial charge on any atom is 0.164 e. The molecule has 0 aliphatic heterocycles. The molecular formula is C43H27N3O. The van der Waals surface area contributed by atoms with Gasteiger partial charge >= 0.3 is 0 Å². The van der Waals surface area contributed by atoms with Crippen molar-refractivity contribution in [3.8, 4) is 56.4 Å². The van der Waals surface area contributed by atoms with E-state index in [-0.39, 0.29) is 27.7 Å². The average molecular weight is 623 g/mol. The van der Waals surface area contributed by atoms with Crippen LogP contribution in [0.1, 0.15) is 28.8 Å². The van der Waals surface area contributed by atoms with Crippen molar-refractivity contribution in [3.63, 3.8) is 0 Å². The Morgan fingerprint density at radius 3 is 1.70 bits per heavy atom. The molecule has 2 heterocycles. The van der Waals surface area contributed by atoms with Gasteiger partial charge < -0.3 is 4.42 Å². The molecule has 47 heavy (non-hydrogen) atoms. The Balaban J connectivity index is 1.43. The van der Waals surface area contributed by atoms with Crippen molar-refractivity contribution in [2.75, 3.05) is 0 Å². The Hall–Kier alpha value is -6.39. The molecule has 0 unspecified atom stereocenters. The molecule has 0 aliphatic carbocycles. The molecule has 0 bridgehead atoms. The highest BCUT2D eigenvalue weighted by Gasteiger charge is 2.19. The summed E-state index contributed by atoms with van der Waals surface area (Å²) in [6, 6.07) is -6.38. The van der Waals surface area contributed by atoms with E-state index in [1.807, 2.05) is 0 Å². The highest BCUT2D eigenvalue weighted by atomic mass is 16.3. The third-order valence-corrected chi connectivity index (χ3v) is 7.22. The topological polar surface area (TPSA) is 51.8 Å². The number of benzene rings is 7. The van der Waals surface area contributed by atoms with Crippen LogP contribution in [0.4, 0.5) is 0 Å². The van der Waals surface area contributed by atoms with Crippen LogP contribution in [0.2, 0.25) is 0 Å². The number of fused-ring (bicyclic) bond motifs is 4. The zero-order valence-electron chi connectivity index (χ0n) is 44.7. The van der Waals surface area contributed by atoms with Gasteiger partial charge in [0.05, 0.1) is 28.8 Å². The van der Waals surface area contributed by atoms with Crippen LogP contribution in [-0.4, -0.2) is 15.0 Å². The normalized spacial score (nSPS) is 17.7. The lowest BCUT2D eigenvalue weighted by molar-refractivity contribution is 0.669. The van der Waals surface area contributed by atoms with Crippen LogP contribution < -0.4 is 0 Å². The van der Waals surface area contributed by atoms with E-state index in [0.717, 1.165) is 0 Å². The largest absolute Gasteiger partial charge is 0.456 e. The Bertz CT molecular complexity index is 3690. The lowest BCUT2D eigenvalue weighted by atomic mass is 9.98. The van der Waals surface area contributed by atoms with E-state index >= 15 is 0 Å². The smallest absolute Gasteiger partial charge is 0.164 e. The zero-order chi connectivity index (χ0) is 49.4. The second-order valence-corrected chi connectivity index (χ2v) is 10.1. The van der Waals surface area contributed by atoms with Gasteiger partial charge in [-0.1, -0.05) is 133 Å². The summed E-state index contributed by atoms with van der Waals surface area (Å²) in [4.78, 5) is 13.7. The fourth-order valence-electron chi connectivity index (χ4n) is 5.14. The average Bonchev–Trinajstić information content (AvgIpc) is 3.70. The standard InChI is InChI=1S/C43H27N3O/c1-4-12-28(13-5-1)31-20-21-33-25-34(23-22-32(33)24-31)42-44-41(30-16-8-3-9-17-30)45-43(46-42)37-26-35(29-14-6-2-7-15-29)27-39-40(37)36-18-10-11-19-38(36)47-39/h1-27H/i1D,2D,3D,4D,5D,6D,7D,8D,9D,12D,13D,14D,15D,16D,17D,20D,21D,22D,23D,24D,25D. The molecule has 0 N–H and O–H groups in total. The van der Waals surface area contributed by atoms with E-state index in [9.17, 15) is 4.11 Å². The third-order valence-electron chi connectivity index (χ3n) is 7.22. The predicted octanol–water partition coefficient (Wildman–Crippen LogP) is 11.3. The SMILES string of the molecule is [2H]c1c([2H])c([2H])c(-c2cc(-c3nc(-c4c([2H])c([2H])c([2H])c([2H])c4[2H])nc(-c4c([2H])c([2H])c5c([2H])c(-c6c([2H])c([2H])c([2H])c([2H])c6[2H])c([2H])c([2H])c5c4[2H])n3)c3c(c2)oc2ccccc23)c([2H])c1[2H]. The van der Waals surface area contributed by atoms with Gasteiger partial charge in [0, 0.05) is 27.5 Å². The van der Waals surface area contributed by atoms with Crippen LogP contribution in [0.15, 0.2) is 168 Å². The summed E-state index contributed by atoms with van der Waals surface area (Å²) in [7, 11) is 0. The van der Waals surface area contributed by atoms with E-state index in [1.165, 1.54) is 12.1 Å². The van der Waals surface area contributed by atoms with Gasteiger partial charge in [0.25, 0.3) is 0 Å². The van der Waals surface area contributed by atoms with Gasteiger partial charge in [-0.2, -0.15) is 0 Å². The summed E-state index contributed by atoms with van der Waals surface area (Å²) in [5, 5.41) is -0.392. The van der Waals surface area contributed by atoms with E-state index in [4.69, 9.17) is 29.1 Å². The van der Waals surface area contributed by atoms with E-state index in [1.54, 1.807) is 24.3 Å². The summed E-state index contributed by atoms with van der Waals surface area (Å²) in [6.45, 7) is 0. The van der Waals surface area contributed by atoms with Gasteiger partial charge in [-0.05, 0) is 63.3 Å². The molecule has 0 saturated carbocycles.